The first kappa shape index (κ1) is 12.0. The van der Waals surface area contributed by atoms with Crippen molar-refractivity contribution in [2.75, 3.05) is 13.1 Å². The van der Waals surface area contributed by atoms with E-state index in [2.05, 4.69) is 22.1 Å². The van der Waals surface area contributed by atoms with Crippen molar-refractivity contribution in [3.05, 3.63) is 11.9 Å². The average Bonchev–Trinajstić information content (AvgIpc) is 2.90. The number of carboxylic acids is 1. The highest BCUT2D eigenvalue weighted by Crippen LogP contribution is 2.18. The molecule has 0 unspecified atom stereocenters. The zero-order chi connectivity index (χ0) is 12.3. The van der Waals surface area contributed by atoms with E-state index >= 15 is 0 Å². The molecular weight excluding hydrogens is 220 g/mol. The van der Waals surface area contributed by atoms with Crippen LogP contribution < -0.4 is 0 Å². The number of nitrogens with zero attached hydrogens (tertiary/aromatic N) is 4. The van der Waals surface area contributed by atoms with Crippen LogP contribution in [0.3, 0.4) is 0 Å². The van der Waals surface area contributed by atoms with Crippen molar-refractivity contribution in [3.8, 4) is 0 Å². The molecule has 1 aromatic rings. The highest BCUT2D eigenvalue weighted by molar-refractivity contribution is 5.84. The standard InChI is InChI=1S/C11H18N4O2/c1-2-5-14-6-3-4-9(14)7-15-8-10(11(16)17)12-13-15/h8-9H,2-7H2,1H3,(H,16,17)/t9-/m1/s1. The topological polar surface area (TPSA) is 71.2 Å². The molecule has 1 N–H and O–H groups in total. The van der Waals surface area contributed by atoms with Crippen molar-refractivity contribution in [1.82, 2.24) is 19.9 Å². The Kier molecular flexibility index (Phi) is 3.73. The van der Waals surface area contributed by atoms with Gasteiger partial charge in [-0.2, -0.15) is 0 Å². The molecule has 6 nitrogen and oxygen atoms in total. The van der Waals surface area contributed by atoms with E-state index in [1.54, 1.807) is 4.68 Å². The third-order valence-corrected chi connectivity index (χ3v) is 3.17. The molecule has 0 bridgehead atoms. The fourth-order valence-electron chi connectivity index (χ4n) is 2.39. The Hall–Kier alpha value is -1.43. The quantitative estimate of drug-likeness (QED) is 0.823. The van der Waals surface area contributed by atoms with Crippen LogP contribution in [0.5, 0.6) is 0 Å². The lowest BCUT2D eigenvalue weighted by Crippen LogP contribution is -2.33. The third kappa shape index (κ3) is 2.82. The second-order valence-electron chi connectivity index (χ2n) is 4.46. The molecule has 0 saturated carbocycles. The third-order valence-electron chi connectivity index (χ3n) is 3.17. The zero-order valence-electron chi connectivity index (χ0n) is 10.0. The summed E-state index contributed by atoms with van der Waals surface area (Å²) in [5.74, 6) is -1.02. The Morgan fingerprint density at radius 1 is 1.65 bits per heavy atom. The molecular formula is C11H18N4O2. The van der Waals surface area contributed by atoms with Crippen LogP contribution in [-0.4, -0.2) is 50.1 Å². The molecule has 0 amide bonds. The average molecular weight is 238 g/mol. The number of likely N-dealkylation sites (tertiary alicyclic amines) is 1. The first-order valence-corrected chi connectivity index (χ1v) is 6.08. The van der Waals surface area contributed by atoms with Crippen molar-refractivity contribution < 1.29 is 9.90 Å². The molecule has 0 aromatic carbocycles. The lowest BCUT2D eigenvalue weighted by Gasteiger charge is -2.23. The van der Waals surface area contributed by atoms with Crippen molar-refractivity contribution in [3.63, 3.8) is 0 Å². The van der Waals surface area contributed by atoms with Crippen LogP contribution in [0.25, 0.3) is 0 Å². The van der Waals surface area contributed by atoms with Crippen molar-refractivity contribution in [1.29, 1.82) is 0 Å². The molecule has 94 valence electrons. The molecule has 1 saturated heterocycles. The molecule has 1 aliphatic rings. The van der Waals surface area contributed by atoms with E-state index in [9.17, 15) is 4.79 Å². The molecule has 1 aliphatic heterocycles. The van der Waals surface area contributed by atoms with E-state index in [1.165, 1.54) is 12.6 Å². The van der Waals surface area contributed by atoms with Crippen LogP contribution in [0.1, 0.15) is 36.7 Å². The maximum absolute atomic E-state index is 10.7. The molecule has 1 fully saturated rings. The number of carboxylic acid groups (broad SMARTS) is 1. The molecule has 1 aromatic heterocycles. The van der Waals surface area contributed by atoms with Gasteiger partial charge >= 0.3 is 5.97 Å². The van der Waals surface area contributed by atoms with Crippen molar-refractivity contribution in [2.45, 2.75) is 38.8 Å². The van der Waals surface area contributed by atoms with Gasteiger partial charge in [0.05, 0.1) is 12.7 Å². The summed E-state index contributed by atoms with van der Waals surface area (Å²) in [6.07, 6.45) is 5.02. The predicted molar refractivity (Wildman–Crippen MR) is 61.9 cm³/mol. The van der Waals surface area contributed by atoms with Crippen LogP contribution in [0, 0.1) is 0 Å². The fourth-order valence-corrected chi connectivity index (χ4v) is 2.39. The minimum atomic E-state index is -1.02. The monoisotopic (exact) mass is 238 g/mol. The Morgan fingerprint density at radius 2 is 2.47 bits per heavy atom. The SMILES string of the molecule is CCCN1CCC[C@@H]1Cn1cc(C(=O)O)nn1. The number of carbonyl (C=O) groups is 1. The van der Waals surface area contributed by atoms with Gasteiger partial charge in [0.1, 0.15) is 0 Å². The van der Waals surface area contributed by atoms with Gasteiger partial charge in [0, 0.05) is 6.04 Å². The largest absolute Gasteiger partial charge is 0.476 e. The Morgan fingerprint density at radius 3 is 3.12 bits per heavy atom. The minimum absolute atomic E-state index is 0.0186. The normalized spacial score (nSPS) is 20.9. The van der Waals surface area contributed by atoms with Gasteiger partial charge in [-0.05, 0) is 32.4 Å². The lowest BCUT2D eigenvalue weighted by molar-refractivity contribution is 0.0690. The van der Waals surface area contributed by atoms with Crippen molar-refractivity contribution >= 4 is 5.97 Å². The lowest BCUT2D eigenvalue weighted by atomic mass is 10.2. The summed E-state index contributed by atoms with van der Waals surface area (Å²) in [5.41, 5.74) is 0.0186. The molecule has 0 spiro atoms. The van der Waals surface area contributed by atoms with E-state index in [1.807, 2.05) is 0 Å². The van der Waals surface area contributed by atoms with Gasteiger partial charge in [-0.3, -0.25) is 9.58 Å². The van der Waals surface area contributed by atoms with Gasteiger partial charge in [0.25, 0.3) is 0 Å². The Labute approximate surface area is 100 Å². The molecule has 0 radical (unpaired) electrons. The fraction of sp³-hybridized carbons (Fsp3) is 0.727. The van der Waals surface area contributed by atoms with Crippen LogP contribution in [0.4, 0.5) is 0 Å². The molecule has 2 heterocycles. The number of rotatable bonds is 5. The molecule has 2 rings (SSSR count). The van der Waals surface area contributed by atoms with E-state index in [-0.39, 0.29) is 5.69 Å². The number of hydrogen-bond acceptors (Lipinski definition) is 4. The summed E-state index contributed by atoms with van der Waals surface area (Å²) >= 11 is 0. The van der Waals surface area contributed by atoms with Gasteiger partial charge in [-0.15, -0.1) is 5.10 Å². The highest BCUT2D eigenvalue weighted by Gasteiger charge is 2.24. The minimum Gasteiger partial charge on any atom is -0.476 e. The van der Waals surface area contributed by atoms with Crippen LogP contribution in [0.15, 0.2) is 6.20 Å². The van der Waals surface area contributed by atoms with Crippen molar-refractivity contribution in [2.24, 2.45) is 0 Å². The van der Waals surface area contributed by atoms with Gasteiger partial charge in [-0.25, -0.2) is 4.79 Å². The van der Waals surface area contributed by atoms with Crippen LogP contribution in [-0.2, 0) is 6.54 Å². The summed E-state index contributed by atoms with van der Waals surface area (Å²) in [6, 6.07) is 0.471. The zero-order valence-corrected chi connectivity index (χ0v) is 10.0. The number of hydrogen-bond donors (Lipinski definition) is 1. The number of aromatic carboxylic acids is 1. The van der Waals surface area contributed by atoms with E-state index < -0.39 is 5.97 Å². The summed E-state index contributed by atoms with van der Waals surface area (Å²) in [7, 11) is 0. The maximum atomic E-state index is 10.7. The van der Waals surface area contributed by atoms with E-state index in [4.69, 9.17) is 5.11 Å². The molecule has 1 atom stereocenters. The molecule has 6 heteroatoms. The highest BCUT2D eigenvalue weighted by atomic mass is 16.4. The Balaban J connectivity index is 1.97. The molecule has 0 aliphatic carbocycles. The first-order valence-electron chi connectivity index (χ1n) is 6.08. The Bertz CT molecular complexity index is 391. The van der Waals surface area contributed by atoms with Gasteiger partial charge < -0.3 is 5.11 Å². The number of aromatic nitrogens is 3. The van der Waals surface area contributed by atoms with Gasteiger partial charge in [0.2, 0.25) is 0 Å². The van der Waals surface area contributed by atoms with E-state index in [0.717, 1.165) is 32.5 Å². The second-order valence-corrected chi connectivity index (χ2v) is 4.46. The van der Waals surface area contributed by atoms with E-state index in [0.29, 0.717) is 6.04 Å². The molecule has 17 heavy (non-hydrogen) atoms. The maximum Gasteiger partial charge on any atom is 0.358 e. The summed E-state index contributed by atoms with van der Waals surface area (Å²) in [5, 5.41) is 16.2. The van der Waals surface area contributed by atoms with Crippen LogP contribution in [0.2, 0.25) is 0 Å². The summed E-state index contributed by atoms with van der Waals surface area (Å²) < 4.78 is 1.64. The summed E-state index contributed by atoms with van der Waals surface area (Å²) in [4.78, 5) is 13.1. The van der Waals surface area contributed by atoms with Crippen LogP contribution >= 0.6 is 0 Å². The predicted octanol–water partition coefficient (Wildman–Crippen LogP) is 0.851. The van der Waals surface area contributed by atoms with Gasteiger partial charge in [-0.1, -0.05) is 12.1 Å². The first-order chi connectivity index (χ1) is 8.20. The second kappa shape index (κ2) is 5.27. The summed E-state index contributed by atoms with van der Waals surface area (Å²) in [6.45, 7) is 5.15. The van der Waals surface area contributed by atoms with Gasteiger partial charge in [0.15, 0.2) is 5.69 Å². The smallest absolute Gasteiger partial charge is 0.358 e.